The molecular weight excluding hydrogens is 468 g/mol. The van der Waals surface area contributed by atoms with Gasteiger partial charge in [-0.05, 0) is 81.4 Å². The van der Waals surface area contributed by atoms with Crippen molar-refractivity contribution in [2.75, 3.05) is 52.6 Å². The highest BCUT2D eigenvalue weighted by Crippen LogP contribution is 2.27. The van der Waals surface area contributed by atoms with Crippen LogP contribution in [0.15, 0.2) is 48.7 Å². The van der Waals surface area contributed by atoms with E-state index < -0.39 is 0 Å². The summed E-state index contributed by atoms with van der Waals surface area (Å²) in [4.78, 5) is 35.6. The molecule has 2 aliphatic heterocycles. The Hall–Kier alpha value is -3.92. The lowest BCUT2D eigenvalue weighted by Crippen LogP contribution is -2.44. The number of fused-ring (bicyclic) bond motifs is 1. The van der Waals surface area contributed by atoms with Crippen LogP contribution in [-0.4, -0.2) is 94.6 Å². The van der Waals surface area contributed by atoms with E-state index in [2.05, 4.69) is 33.8 Å². The number of aromatic nitrogens is 3. The van der Waals surface area contributed by atoms with Crippen LogP contribution in [0.1, 0.15) is 35.2 Å². The summed E-state index contributed by atoms with van der Waals surface area (Å²) >= 11 is 0. The Morgan fingerprint density at radius 2 is 1.84 bits per heavy atom. The molecule has 10 heteroatoms. The first-order valence-corrected chi connectivity index (χ1v) is 12.8. The number of pyridine rings is 1. The van der Waals surface area contributed by atoms with Gasteiger partial charge in [0.15, 0.2) is 5.65 Å². The minimum Gasteiger partial charge on any atom is -0.341 e. The summed E-state index contributed by atoms with van der Waals surface area (Å²) < 4.78 is 1.76. The van der Waals surface area contributed by atoms with Crippen LogP contribution >= 0.6 is 0 Å². The molecule has 3 aromatic rings. The summed E-state index contributed by atoms with van der Waals surface area (Å²) in [6.07, 6.45) is 6.71. The number of nitrogens with zero attached hydrogens (tertiary/aromatic N) is 6. The molecule has 0 bridgehead atoms. The number of piperidine rings is 1. The molecule has 0 spiro atoms. The van der Waals surface area contributed by atoms with E-state index in [9.17, 15) is 9.59 Å². The van der Waals surface area contributed by atoms with Crippen molar-refractivity contribution in [2.24, 2.45) is 0 Å². The highest BCUT2D eigenvalue weighted by atomic mass is 16.2. The molecule has 4 heterocycles. The molecule has 2 aliphatic rings. The van der Waals surface area contributed by atoms with Crippen LogP contribution in [0.4, 0.5) is 16.4 Å². The van der Waals surface area contributed by atoms with Crippen LogP contribution in [0, 0.1) is 0 Å². The quantitative estimate of drug-likeness (QED) is 0.557. The molecule has 2 aromatic heterocycles. The van der Waals surface area contributed by atoms with Gasteiger partial charge >= 0.3 is 6.03 Å². The van der Waals surface area contributed by atoms with E-state index in [0.29, 0.717) is 24.6 Å². The lowest BCUT2D eigenvalue weighted by molar-refractivity contribution is 0.0659. The molecule has 3 amide bonds. The summed E-state index contributed by atoms with van der Waals surface area (Å²) in [5.74, 6) is 0.533. The Labute approximate surface area is 216 Å². The lowest BCUT2D eigenvalue weighted by Gasteiger charge is -2.35. The fourth-order valence-corrected chi connectivity index (χ4v) is 5.04. The van der Waals surface area contributed by atoms with Crippen molar-refractivity contribution in [1.29, 1.82) is 0 Å². The van der Waals surface area contributed by atoms with Crippen LogP contribution < -0.4 is 10.6 Å². The van der Waals surface area contributed by atoms with Crippen molar-refractivity contribution in [2.45, 2.75) is 25.3 Å². The molecule has 0 atom stereocenters. The van der Waals surface area contributed by atoms with Crippen molar-refractivity contribution < 1.29 is 9.59 Å². The Morgan fingerprint density at radius 3 is 2.51 bits per heavy atom. The average Bonchev–Trinajstić information content (AvgIpc) is 3.35. The maximum absolute atomic E-state index is 13.0. The van der Waals surface area contributed by atoms with E-state index in [-0.39, 0.29) is 18.0 Å². The summed E-state index contributed by atoms with van der Waals surface area (Å²) in [6.45, 7) is 3.26. The maximum Gasteiger partial charge on any atom is 0.317 e. The normalized spacial score (nSPS) is 16.9. The SMILES string of the molecule is CNC(=O)N1CC=C(c2cccn3nc(Nc4ccc(C(=O)N(C)C5CCN(C)CC5)cc4)nc23)CC1. The van der Waals surface area contributed by atoms with Gasteiger partial charge in [0.05, 0.1) is 0 Å². The molecule has 1 fully saturated rings. The highest BCUT2D eigenvalue weighted by Gasteiger charge is 2.25. The largest absolute Gasteiger partial charge is 0.341 e. The first-order valence-electron chi connectivity index (χ1n) is 12.8. The van der Waals surface area contributed by atoms with Crippen LogP contribution in [0.3, 0.4) is 0 Å². The second kappa shape index (κ2) is 10.6. The topological polar surface area (TPSA) is 98.1 Å². The van der Waals surface area contributed by atoms with Gasteiger partial charge in [-0.15, -0.1) is 5.10 Å². The first kappa shape index (κ1) is 24.8. The third kappa shape index (κ3) is 5.29. The van der Waals surface area contributed by atoms with Crippen molar-refractivity contribution in [1.82, 2.24) is 34.6 Å². The van der Waals surface area contributed by atoms with Crippen molar-refractivity contribution >= 4 is 34.8 Å². The summed E-state index contributed by atoms with van der Waals surface area (Å²) in [6, 6.07) is 11.7. The molecule has 10 nitrogen and oxygen atoms in total. The summed E-state index contributed by atoms with van der Waals surface area (Å²) in [7, 11) is 5.67. The van der Waals surface area contributed by atoms with E-state index in [1.54, 1.807) is 16.5 Å². The molecule has 1 saturated heterocycles. The Bertz CT molecular complexity index is 1310. The number of likely N-dealkylation sites (tertiary alicyclic amines) is 1. The zero-order chi connectivity index (χ0) is 25.9. The van der Waals surface area contributed by atoms with E-state index in [1.807, 2.05) is 54.5 Å². The van der Waals surface area contributed by atoms with Crippen LogP contribution in [-0.2, 0) is 0 Å². The smallest absolute Gasteiger partial charge is 0.317 e. The minimum atomic E-state index is -0.0661. The lowest BCUT2D eigenvalue weighted by atomic mass is 10.0. The van der Waals surface area contributed by atoms with Gasteiger partial charge in [0.25, 0.3) is 5.91 Å². The second-order valence-electron chi connectivity index (χ2n) is 9.76. The molecule has 0 unspecified atom stereocenters. The molecule has 1 aromatic carbocycles. The van der Waals surface area contributed by atoms with Gasteiger partial charge in [0, 0.05) is 56.2 Å². The van der Waals surface area contributed by atoms with Crippen molar-refractivity contribution in [3.05, 3.63) is 59.8 Å². The molecule has 5 rings (SSSR count). The standard InChI is InChI=1S/C27H34N8O2/c1-28-27(37)34-17-10-19(11-18-34)23-5-4-14-35-24(23)30-26(31-35)29-21-8-6-20(7-9-21)25(36)33(3)22-12-15-32(2)16-13-22/h4-10,14,22H,11-13,15-18H2,1-3H3,(H,28,37)(H,29,31). The van der Waals surface area contributed by atoms with Crippen molar-refractivity contribution in [3.63, 3.8) is 0 Å². The number of urea groups is 1. The van der Waals surface area contributed by atoms with Gasteiger partial charge in [-0.1, -0.05) is 6.08 Å². The summed E-state index contributed by atoms with van der Waals surface area (Å²) in [5.41, 5.74) is 4.41. The third-order valence-corrected chi connectivity index (χ3v) is 7.36. The number of benzene rings is 1. The minimum absolute atomic E-state index is 0.0485. The van der Waals surface area contributed by atoms with E-state index in [4.69, 9.17) is 4.98 Å². The number of nitrogens with one attached hydrogen (secondary N) is 2. The zero-order valence-electron chi connectivity index (χ0n) is 21.6. The highest BCUT2D eigenvalue weighted by molar-refractivity contribution is 5.94. The Kier molecular flexibility index (Phi) is 7.09. The predicted molar refractivity (Wildman–Crippen MR) is 144 cm³/mol. The van der Waals surface area contributed by atoms with E-state index in [1.165, 1.54) is 0 Å². The van der Waals surface area contributed by atoms with Crippen LogP contribution in [0.2, 0.25) is 0 Å². The van der Waals surface area contributed by atoms with Crippen LogP contribution in [0.25, 0.3) is 11.2 Å². The van der Waals surface area contributed by atoms with Gasteiger partial charge < -0.3 is 25.3 Å². The number of amides is 3. The predicted octanol–water partition coefficient (Wildman–Crippen LogP) is 3.07. The van der Waals surface area contributed by atoms with Crippen LogP contribution in [0.5, 0.6) is 0 Å². The fourth-order valence-electron chi connectivity index (χ4n) is 5.04. The monoisotopic (exact) mass is 502 g/mol. The Balaban J connectivity index is 1.27. The molecule has 2 N–H and O–H groups in total. The maximum atomic E-state index is 13.0. The number of rotatable bonds is 5. The average molecular weight is 503 g/mol. The molecule has 0 radical (unpaired) electrons. The summed E-state index contributed by atoms with van der Waals surface area (Å²) in [5, 5.41) is 10.5. The first-order chi connectivity index (χ1) is 17.9. The zero-order valence-corrected chi connectivity index (χ0v) is 21.6. The number of hydrogen-bond donors (Lipinski definition) is 2. The van der Waals surface area contributed by atoms with Gasteiger partial charge in [0.1, 0.15) is 0 Å². The Morgan fingerprint density at radius 1 is 1.08 bits per heavy atom. The fraction of sp³-hybridized carbons (Fsp3) is 0.407. The number of anilines is 2. The molecule has 37 heavy (non-hydrogen) atoms. The van der Waals surface area contributed by atoms with Crippen molar-refractivity contribution in [3.8, 4) is 0 Å². The van der Waals surface area contributed by atoms with E-state index in [0.717, 1.165) is 54.8 Å². The van der Waals surface area contributed by atoms with E-state index >= 15 is 0 Å². The third-order valence-electron chi connectivity index (χ3n) is 7.36. The number of hydrogen-bond acceptors (Lipinski definition) is 6. The number of carbonyl (C=O) groups excluding carboxylic acids is 2. The molecule has 0 aliphatic carbocycles. The molecular formula is C27H34N8O2. The van der Waals surface area contributed by atoms with Gasteiger partial charge in [-0.25, -0.2) is 9.31 Å². The van der Waals surface area contributed by atoms with Gasteiger partial charge in [-0.2, -0.15) is 4.98 Å². The second-order valence-corrected chi connectivity index (χ2v) is 9.76. The van der Waals surface area contributed by atoms with Gasteiger partial charge in [0.2, 0.25) is 5.95 Å². The molecule has 194 valence electrons. The molecule has 0 saturated carbocycles. The van der Waals surface area contributed by atoms with Gasteiger partial charge in [-0.3, -0.25) is 4.79 Å². The number of carbonyl (C=O) groups is 2.